The highest BCUT2D eigenvalue weighted by atomic mass is 32.2. The highest BCUT2D eigenvalue weighted by Gasteiger charge is 2.41. The average molecular weight is 481 g/mol. The maximum absolute atomic E-state index is 13.2. The van der Waals surface area contributed by atoms with Crippen LogP contribution in [0.5, 0.6) is 5.75 Å². The Balaban J connectivity index is 1.58. The van der Waals surface area contributed by atoms with Gasteiger partial charge < -0.3 is 14.6 Å². The number of anilines is 1. The molecule has 33 heavy (non-hydrogen) atoms. The molecular weight excluding hydrogens is 457 g/mol. The molecule has 2 aromatic carbocycles. The molecule has 2 unspecified atom stereocenters. The van der Waals surface area contributed by atoms with E-state index in [0.717, 1.165) is 5.56 Å². The van der Waals surface area contributed by atoms with Crippen LogP contribution in [0.3, 0.4) is 0 Å². The molecule has 2 heterocycles. The Bertz CT molecular complexity index is 1200. The van der Waals surface area contributed by atoms with Crippen LogP contribution in [0.2, 0.25) is 0 Å². The van der Waals surface area contributed by atoms with Crippen molar-refractivity contribution in [1.29, 1.82) is 0 Å². The molecule has 1 aromatic heterocycles. The van der Waals surface area contributed by atoms with E-state index in [0.29, 0.717) is 5.69 Å². The monoisotopic (exact) mass is 480 g/mol. The molecule has 0 bridgehead atoms. The van der Waals surface area contributed by atoms with Crippen molar-refractivity contribution in [3.05, 3.63) is 72.7 Å². The third kappa shape index (κ3) is 5.48. The third-order valence-electron chi connectivity index (χ3n) is 5.39. The van der Waals surface area contributed by atoms with Gasteiger partial charge in [-0.3, -0.25) is 0 Å². The summed E-state index contributed by atoms with van der Waals surface area (Å²) in [6.45, 7) is -0.973. The first-order valence-corrected chi connectivity index (χ1v) is 11.6. The number of benzene rings is 2. The van der Waals surface area contributed by atoms with E-state index < -0.39 is 22.8 Å². The van der Waals surface area contributed by atoms with Gasteiger partial charge in [-0.15, -0.1) is 0 Å². The first kappa shape index (κ1) is 23.1. The fourth-order valence-corrected chi connectivity index (χ4v) is 5.32. The van der Waals surface area contributed by atoms with Crippen molar-refractivity contribution < 1.29 is 26.3 Å². The molecule has 0 radical (unpaired) electrons. The van der Waals surface area contributed by atoms with Gasteiger partial charge in [0.05, 0.1) is 6.33 Å². The minimum Gasteiger partial charge on any atom is -0.484 e. The van der Waals surface area contributed by atoms with E-state index >= 15 is 0 Å². The van der Waals surface area contributed by atoms with Crippen LogP contribution in [0.1, 0.15) is 11.5 Å². The smallest absolute Gasteiger partial charge is 0.422 e. The molecule has 11 heteroatoms. The van der Waals surface area contributed by atoms with Gasteiger partial charge in [-0.25, -0.2) is 13.4 Å². The highest BCUT2D eigenvalue weighted by Crippen LogP contribution is 2.33. The summed E-state index contributed by atoms with van der Waals surface area (Å²) in [5.41, 5.74) is 1.50. The summed E-state index contributed by atoms with van der Waals surface area (Å²) >= 11 is 0. The van der Waals surface area contributed by atoms with Crippen molar-refractivity contribution in [2.45, 2.75) is 23.2 Å². The Kier molecular flexibility index (Phi) is 6.35. The van der Waals surface area contributed by atoms with Crippen LogP contribution in [0.15, 0.2) is 72.1 Å². The minimum absolute atomic E-state index is 0.0278. The molecular formula is C22H23F3N4O3S. The molecule has 1 fully saturated rings. The molecule has 0 saturated carbocycles. The predicted octanol–water partition coefficient (Wildman–Crippen LogP) is 3.63. The zero-order chi connectivity index (χ0) is 23.6. The summed E-state index contributed by atoms with van der Waals surface area (Å²) in [6.07, 6.45) is -1.55. The Hall–Kier alpha value is -3.05. The number of halogens is 3. The highest BCUT2D eigenvalue weighted by molar-refractivity contribution is 7.89. The fourth-order valence-electron chi connectivity index (χ4n) is 3.86. The van der Waals surface area contributed by atoms with Crippen molar-refractivity contribution >= 4 is 15.7 Å². The maximum atomic E-state index is 13.2. The summed E-state index contributed by atoms with van der Waals surface area (Å²) < 4.78 is 71.6. The van der Waals surface area contributed by atoms with Crippen LogP contribution < -0.4 is 10.1 Å². The predicted molar refractivity (Wildman–Crippen MR) is 117 cm³/mol. The van der Waals surface area contributed by atoms with E-state index in [4.69, 9.17) is 4.74 Å². The van der Waals surface area contributed by atoms with Gasteiger partial charge in [0.25, 0.3) is 10.0 Å². The molecule has 1 aliphatic rings. The Morgan fingerprint density at radius 2 is 1.88 bits per heavy atom. The number of hydrogen-bond acceptors (Lipinski definition) is 5. The lowest BCUT2D eigenvalue weighted by molar-refractivity contribution is -0.153. The van der Waals surface area contributed by atoms with Gasteiger partial charge in [-0.05, 0) is 17.7 Å². The van der Waals surface area contributed by atoms with Crippen LogP contribution >= 0.6 is 0 Å². The van der Waals surface area contributed by atoms with Crippen molar-refractivity contribution in [2.24, 2.45) is 7.05 Å². The molecule has 7 nitrogen and oxygen atoms in total. The number of aromatic nitrogens is 2. The van der Waals surface area contributed by atoms with Gasteiger partial charge in [0.15, 0.2) is 11.6 Å². The Labute approximate surface area is 189 Å². The zero-order valence-corrected chi connectivity index (χ0v) is 18.6. The summed E-state index contributed by atoms with van der Waals surface area (Å²) in [5, 5.41) is 3.26. The van der Waals surface area contributed by atoms with Crippen molar-refractivity contribution in [2.75, 3.05) is 25.0 Å². The van der Waals surface area contributed by atoms with E-state index in [1.165, 1.54) is 29.0 Å². The number of alkyl halides is 3. The van der Waals surface area contributed by atoms with Gasteiger partial charge in [0.2, 0.25) is 0 Å². The molecule has 3 aromatic rings. The maximum Gasteiger partial charge on any atom is 0.422 e. The molecule has 1 N–H and O–H groups in total. The minimum atomic E-state index is -4.44. The Morgan fingerprint density at radius 3 is 2.55 bits per heavy atom. The van der Waals surface area contributed by atoms with Crippen LogP contribution in [0.4, 0.5) is 18.9 Å². The lowest BCUT2D eigenvalue weighted by atomic mass is 9.94. The molecule has 0 amide bonds. The molecule has 1 aliphatic heterocycles. The standard InChI is InChI=1S/C22H23F3N4O3S/c1-28-13-21(26-15-28)33(30,31)29-11-19(16-6-3-2-4-7-16)20(12-29)27-17-8-5-9-18(10-17)32-14-22(23,24)25/h2-10,13,15,19-20,27H,11-12,14H2,1H3. The second kappa shape index (κ2) is 9.06. The van der Waals surface area contributed by atoms with Gasteiger partial charge >= 0.3 is 6.18 Å². The fraction of sp³-hybridized carbons (Fsp3) is 0.318. The molecule has 176 valence electrons. The van der Waals surface area contributed by atoms with Crippen molar-refractivity contribution in [1.82, 2.24) is 13.9 Å². The van der Waals surface area contributed by atoms with E-state index in [1.807, 2.05) is 30.3 Å². The molecule has 0 aliphatic carbocycles. The summed E-state index contributed by atoms with van der Waals surface area (Å²) in [5.74, 6) is -0.103. The number of rotatable bonds is 7. The summed E-state index contributed by atoms with van der Waals surface area (Å²) in [4.78, 5) is 4.00. The summed E-state index contributed by atoms with van der Waals surface area (Å²) in [6, 6.07) is 15.4. The SMILES string of the molecule is Cn1cnc(S(=O)(=O)N2CC(Nc3cccc(OCC(F)(F)F)c3)C(c3ccccc3)C2)c1. The number of ether oxygens (including phenoxy) is 1. The van der Waals surface area contributed by atoms with Gasteiger partial charge in [-0.2, -0.15) is 17.5 Å². The van der Waals surface area contributed by atoms with Gasteiger partial charge in [0, 0.05) is 50.0 Å². The lowest BCUT2D eigenvalue weighted by Gasteiger charge is -2.21. The second-order valence-electron chi connectivity index (χ2n) is 7.90. The second-order valence-corrected chi connectivity index (χ2v) is 9.78. The van der Waals surface area contributed by atoms with Gasteiger partial charge in [-0.1, -0.05) is 36.4 Å². The average Bonchev–Trinajstić information content (AvgIpc) is 3.40. The van der Waals surface area contributed by atoms with Crippen LogP contribution in [0.25, 0.3) is 0 Å². The number of sulfonamides is 1. The van der Waals surface area contributed by atoms with Gasteiger partial charge in [0.1, 0.15) is 5.75 Å². The van der Waals surface area contributed by atoms with Crippen LogP contribution in [-0.2, 0) is 17.1 Å². The van der Waals surface area contributed by atoms with Crippen LogP contribution in [0, 0.1) is 0 Å². The number of aryl methyl sites for hydroxylation is 1. The molecule has 0 spiro atoms. The third-order valence-corrected chi connectivity index (χ3v) is 7.11. The Morgan fingerprint density at radius 1 is 1.12 bits per heavy atom. The topological polar surface area (TPSA) is 76.5 Å². The first-order chi connectivity index (χ1) is 15.6. The lowest BCUT2D eigenvalue weighted by Crippen LogP contribution is -2.32. The summed E-state index contributed by atoms with van der Waals surface area (Å²) in [7, 11) is -2.11. The van der Waals surface area contributed by atoms with Crippen LogP contribution in [-0.4, -0.2) is 54.2 Å². The largest absolute Gasteiger partial charge is 0.484 e. The van der Waals surface area contributed by atoms with E-state index in [9.17, 15) is 21.6 Å². The van der Waals surface area contributed by atoms with Crippen molar-refractivity contribution in [3.8, 4) is 5.75 Å². The van der Waals surface area contributed by atoms with E-state index in [1.54, 1.807) is 23.7 Å². The zero-order valence-electron chi connectivity index (χ0n) is 17.7. The van der Waals surface area contributed by atoms with E-state index in [2.05, 4.69) is 10.3 Å². The molecule has 1 saturated heterocycles. The number of hydrogen-bond donors (Lipinski definition) is 1. The number of imidazole rings is 1. The first-order valence-electron chi connectivity index (χ1n) is 10.2. The molecule has 2 atom stereocenters. The molecule has 4 rings (SSSR count). The number of nitrogens with one attached hydrogen (secondary N) is 1. The quantitative estimate of drug-likeness (QED) is 0.559. The normalized spacial score (nSPS) is 19.5. The van der Waals surface area contributed by atoms with E-state index in [-0.39, 0.29) is 35.8 Å². The van der Waals surface area contributed by atoms with Crippen molar-refractivity contribution in [3.63, 3.8) is 0 Å². The number of nitrogens with zero attached hydrogens (tertiary/aromatic N) is 3.